The van der Waals surface area contributed by atoms with E-state index in [1.807, 2.05) is 43.9 Å². The number of benzene rings is 3. The second-order valence-corrected chi connectivity index (χ2v) is 7.85. The van der Waals surface area contributed by atoms with Crippen molar-refractivity contribution in [1.29, 1.82) is 0 Å². The van der Waals surface area contributed by atoms with Gasteiger partial charge in [-0.3, -0.25) is 15.0 Å². The predicted molar refractivity (Wildman–Crippen MR) is 137 cm³/mol. The highest BCUT2D eigenvalue weighted by Crippen LogP contribution is 2.19. The number of hydrogen-bond donors (Lipinski definition) is 3. The maximum Gasteiger partial charge on any atom is 0.124 e. The largest absolute Gasteiger partial charge is 0.507 e. The lowest BCUT2D eigenvalue weighted by Crippen LogP contribution is -2.44. The molecule has 3 aromatic rings. The fourth-order valence-electron chi connectivity index (χ4n) is 3.52. The van der Waals surface area contributed by atoms with Crippen LogP contribution in [-0.2, 0) is 0 Å². The Morgan fingerprint density at radius 1 is 0.529 bits per heavy atom. The second kappa shape index (κ2) is 11.8. The van der Waals surface area contributed by atoms with Crippen LogP contribution < -0.4 is 0 Å². The average Bonchev–Trinajstić information content (AvgIpc) is 2.82. The van der Waals surface area contributed by atoms with Gasteiger partial charge in [0.2, 0.25) is 0 Å². The third kappa shape index (κ3) is 6.52. The third-order valence-electron chi connectivity index (χ3n) is 5.39. The molecule has 3 aromatic carbocycles. The van der Waals surface area contributed by atoms with Gasteiger partial charge in [0.25, 0.3) is 0 Å². The van der Waals surface area contributed by atoms with Crippen LogP contribution in [0.2, 0.25) is 0 Å². The Morgan fingerprint density at radius 3 is 1.06 bits per heavy atom. The normalized spacial score (nSPS) is 14.8. The van der Waals surface area contributed by atoms with Crippen LogP contribution in [0, 0.1) is 0 Å². The van der Waals surface area contributed by atoms with Crippen LogP contribution in [-0.4, -0.2) is 57.4 Å². The van der Waals surface area contributed by atoms with Crippen molar-refractivity contribution in [3.8, 4) is 17.2 Å². The van der Waals surface area contributed by atoms with Gasteiger partial charge in [0.15, 0.2) is 0 Å². The van der Waals surface area contributed by atoms with Crippen molar-refractivity contribution in [2.24, 2.45) is 15.0 Å². The molecule has 3 atom stereocenters. The molecular weight excluding hydrogens is 428 g/mol. The molecule has 3 N–H and O–H groups in total. The summed E-state index contributed by atoms with van der Waals surface area (Å²) in [6.45, 7) is 5.78. The van der Waals surface area contributed by atoms with Crippen molar-refractivity contribution in [3.63, 3.8) is 0 Å². The number of phenols is 3. The maximum atomic E-state index is 10.1. The van der Waals surface area contributed by atoms with Crippen molar-refractivity contribution < 1.29 is 15.3 Å². The average molecular weight is 459 g/mol. The first kappa shape index (κ1) is 24.7. The SMILES string of the molecule is CC(N=Cc1ccccc1O)N(C(C)N=Cc1ccccc1O)C(C)N=Cc1ccccc1O. The molecule has 0 heterocycles. The molecule has 0 aliphatic carbocycles. The van der Waals surface area contributed by atoms with Crippen molar-refractivity contribution in [1.82, 2.24) is 4.90 Å². The second-order valence-electron chi connectivity index (χ2n) is 7.85. The molecular formula is C27H30N4O3. The monoisotopic (exact) mass is 458 g/mol. The first-order valence-corrected chi connectivity index (χ1v) is 11.1. The van der Waals surface area contributed by atoms with Gasteiger partial charge in [-0.1, -0.05) is 36.4 Å². The smallest absolute Gasteiger partial charge is 0.124 e. The number of rotatable bonds is 9. The lowest BCUT2D eigenvalue weighted by atomic mass is 10.2. The van der Waals surface area contributed by atoms with E-state index in [0.29, 0.717) is 16.7 Å². The number of nitrogens with zero attached hydrogens (tertiary/aromatic N) is 4. The molecule has 0 saturated heterocycles. The molecule has 0 aliphatic heterocycles. The molecule has 0 bridgehead atoms. The van der Waals surface area contributed by atoms with Crippen molar-refractivity contribution in [3.05, 3.63) is 89.5 Å². The standard InChI is InChI=1S/C27H30N4O3/c1-19(28-16-22-10-4-7-13-25(22)32)31(20(2)29-17-23-11-5-8-14-26(23)33)21(3)30-18-24-12-6-9-15-27(24)34/h4-21,32-34H,1-3H3. The van der Waals surface area contributed by atoms with Gasteiger partial charge in [-0.2, -0.15) is 0 Å². The number of phenolic OH excluding ortho intramolecular Hbond substituents is 3. The summed E-state index contributed by atoms with van der Waals surface area (Å²) < 4.78 is 0. The molecule has 34 heavy (non-hydrogen) atoms. The molecule has 176 valence electrons. The predicted octanol–water partition coefficient (Wildman–Crippen LogP) is 4.80. The van der Waals surface area contributed by atoms with E-state index in [9.17, 15) is 15.3 Å². The molecule has 0 aromatic heterocycles. The highest BCUT2D eigenvalue weighted by Gasteiger charge is 2.24. The first-order valence-electron chi connectivity index (χ1n) is 11.1. The molecule has 0 saturated carbocycles. The number of aromatic hydroxyl groups is 3. The number of hydrogen-bond acceptors (Lipinski definition) is 7. The Labute approximate surface area is 200 Å². The van der Waals surface area contributed by atoms with E-state index in [-0.39, 0.29) is 35.7 Å². The summed E-state index contributed by atoms with van der Waals surface area (Å²) in [4.78, 5) is 15.9. The summed E-state index contributed by atoms with van der Waals surface area (Å²) in [5, 5.41) is 30.2. The Kier molecular flexibility index (Phi) is 8.54. The minimum absolute atomic E-state index is 0.154. The summed E-state index contributed by atoms with van der Waals surface area (Å²) in [5.74, 6) is 0.462. The van der Waals surface area contributed by atoms with E-state index in [0.717, 1.165) is 0 Å². The van der Waals surface area contributed by atoms with Gasteiger partial charge in [0.05, 0.1) is 0 Å². The molecule has 0 amide bonds. The van der Waals surface area contributed by atoms with E-state index in [2.05, 4.69) is 15.0 Å². The summed E-state index contributed by atoms with van der Waals surface area (Å²) in [7, 11) is 0. The molecule has 0 fully saturated rings. The van der Waals surface area contributed by atoms with Gasteiger partial charge in [0.1, 0.15) is 35.7 Å². The topological polar surface area (TPSA) is 101 Å². The zero-order valence-corrected chi connectivity index (χ0v) is 19.5. The Hall–Kier alpha value is -3.97. The molecule has 7 nitrogen and oxygen atoms in total. The molecule has 0 spiro atoms. The minimum atomic E-state index is -0.340. The molecule has 3 rings (SSSR count). The van der Waals surface area contributed by atoms with Crippen LogP contribution in [0.5, 0.6) is 17.2 Å². The van der Waals surface area contributed by atoms with Crippen LogP contribution in [0.15, 0.2) is 87.8 Å². The fourth-order valence-corrected chi connectivity index (χ4v) is 3.52. The zero-order chi connectivity index (χ0) is 24.5. The van der Waals surface area contributed by atoms with Crippen molar-refractivity contribution in [2.75, 3.05) is 0 Å². The molecule has 7 heteroatoms. The Morgan fingerprint density at radius 2 is 0.794 bits per heavy atom. The van der Waals surface area contributed by atoms with Crippen LogP contribution in [0.4, 0.5) is 0 Å². The van der Waals surface area contributed by atoms with Gasteiger partial charge in [-0.15, -0.1) is 0 Å². The van der Waals surface area contributed by atoms with E-state index >= 15 is 0 Å². The van der Waals surface area contributed by atoms with Crippen LogP contribution in [0.25, 0.3) is 0 Å². The van der Waals surface area contributed by atoms with E-state index in [1.54, 1.807) is 73.2 Å². The van der Waals surface area contributed by atoms with E-state index in [1.165, 1.54) is 0 Å². The van der Waals surface area contributed by atoms with Crippen molar-refractivity contribution in [2.45, 2.75) is 39.3 Å². The van der Waals surface area contributed by atoms with Crippen molar-refractivity contribution >= 4 is 18.6 Å². The number of aliphatic imine (C=N–C) groups is 3. The van der Waals surface area contributed by atoms with Gasteiger partial charge in [0, 0.05) is 35.3 Å². The molecule has 3 unspecified atom stereocenters. The van der Waals surface area contributed by atoms with Crippen LogP contribution in [0.3, 0.4) is 0 Å². The van der Waals surface area contributed by atoms with E-state index < -0.39 is 0 Å². The lowest BCUT2D eigenvalue weighted by molar-refractivity contribution is 0.118. The van der Waals surface area contributed by atoms with Gasteiger partial charge in [-0.05, 0) is 57.2 Å². The fraction of sp³-hybridized carbons (Fsp3) is 0.222. The maximum absolute atomic E-state index is 10.1. The number of para-hydroxylation sites is 3. The van der Waals surface area contributed by atoms with E-state index in [4.69, 9.17) is 0 Å². The van der Waals surface area contributed by atoms with Gasteiger partial charge >= 0.3 is 0 Å². The highest BCUT2D eigenvalue weighted by molar-refractivity contribution is 5.84. The van der Waals surface area contributed by atoms with Gasteiger partial charge < -0.3 is 15.3 Å². The quantitative estimate of drug-likeness (QED) is 0.401. The lowest BCUT2D eigenvalue weighted by Gasteiger charge is -2.33. The highest BCUT2D eigenvalue weighted by atomic mass is 16.3. The zero-order valence-electron chi connectivity index (χ0n) is 19.5. The molecule has 0 aliphatic rings. The Balaban J connectivity index is 1.87. The first-order chi connectivity index (χ1) is 16.4. The van der Waals surface area contributed by atoms with Crippen LogP contribution >= 0.6 is 0 Å². The third-order valence-corrected chi connectivity index (χ3v) is 5.39. The summed E-state index contributed by atoms with van der Waals surface area (Å²) in [6, 6.07) is 21.0. The molecule has 0 radical (unpaired) electrons. The Bertz CT molecular complexity index is 1030. The summed E-state index contributed by atoms with van der Waals surface area (Å²) >= 11 is 0. The van der Waals surface area contributed by atoms with Crippen LogP contribution in [0.1, 0.15) is 37.5 Å². The summed E-state index contributed by atoms with van der Waals surface area (Å²) in [6.07, 6.45) is 3.87. The van der Waals surface area contributed by atoms with Gasteiger partial charge in [-0.25, -0.2) is 4.90 Å². The minimum Gasteiger partial charge on any atom is -0.507 e. The summed E-state index contributed by atoms with van der Waals surface area (Å²) in [5.41, 5.74) is 1.85.